The van der Waals surface area contributed by atoms with Crippen LogP contribution in [-0.4, -0.2) is 0 Å². The number of para-hydroxylation sites is 2. The number of fused-ring (bicyclic) bond motifs is 3. The number of benzene rings is 9. The van der Waals surface area contributed by atoms with Crippen molar-refractivity contribution in [3.8, 4) is 22.3 Å². The van der Waals surface area contributed by atoms with Crippen LogP contribution in [0.15, 0.2) is 224 Å². The van der Waals surface area contributed by atoms with E-state index in [2.05, 4.69) is 269 Å². The van der Waals surface area contributed by atoms with Gasteiger partial charge in [-0.1, -0.05) is 228 Å². The third-order valence-electron chi connectivity index (χ3n) is 16.0. The Morgan fingerprint density at radius 1 is 0.342 bits per heavy atom. The molecule has 0 aromatic heterocycles. The topological polar surface area (TPSA) is 6.48 Å². The molecule has 0 aliphatic heterocycles. The van der Waals surface area contributed by atoms with E-state index in [0.29, 0.717) is 0 Å². The van der Waals surface area contributed by atoms with Crippen molar-refractivity contribution in [3.63, 3.8) is 0 Å². The Labute approximate surface area is 437 Å². The maximum atomic E-state index is 2.58. The van der Waals surface area contributed by atoms with E-state index in [1.54, 1.807) is 0 Å². The lowest BCUT2D eigenvalue weighted by Crippen LogP contribution is -2.26. The summed E-state index contributed by atoms with van der Waals surface area (Å²) in [5.41, 5.74) is 21.2. The molecule has 2 heteroatoms. The second-order valence-electron chi connectivity index (χ2n) is 20.8. The molecule has 0 amide bonds. The molecule has 9 aromatic rings. The predicted octanol–water partition coefficient (Wildman–Crippen LogP) is 20.5. The van der Waals surface area contributed by atoms with Crippen molar-refractivity contribution in [2.45, 2.75) is 110 Å². The Bertz CT molecular complexity index is 3180. The van der Waals surface area contributed by atoms with Crippen molar-refractivity contribution in [1.29, 1.82) is 0 Å². The van der Waals surface area contributed by atoms with Crippen LogP contribution < -0.4 is 9.80 Å². The number of hydrogen-bond acceptors (Lipinski definition) is 2. The number of anilines is 6. The Balaban J connectivity index is 1.05. The summed E-state index contributed by atoms with van der Waals surface area (Å²) in [6.45, 7) is 11.4. The SMILES string of the molecule is CCCCCCC1(CCCCCC)c2cc(N(c3ccccc3)c3ccc(C)cc3)ccc2-c2ccc(N(c3ccccc3)c3ccc(-c4ccc(C(C)(c5ccccc5)c5ccc(C)cc5)cc4)cc3)cc21. The van der Waals surface area contributed by atoms with Gasteiger partial charge in [-0.25, -0.2) is 0 Å². The lowest BCUT2D eigenvalue weighted by atomic mass is 9.70. The lowest BCUT2D eigenvalue weighted by Gasteiger charge is -2.35. The normalized spacial score (nSPS) is 13.2. The molecule has 0 spiro atoms. The number of rotatable bonds is 20. The molecule has 366 valence electrons. The smallest absolute Gasteiger partial charge is 0.0465 e. The molecule has 1 aliphatic carbocycles. The van der Waals surface area contributed by atoms with Crippen LogP contribution in [0, 0.1) is 13.8 Å². The van der Waals surface area contributed by atoms with Crippen LogP contribution >= 0.6 is 0 Å². The van der Waals surface area contributed by atoms with Gasteiger partial charge in [-0.2, -0.15) is 0 Å². The first-order valence-corrected chi connectivity index (χ1v) is 27.2. The molecule has 0 bridgehead atoms. The number of unbranched alkanes of at least 4 members (excludes halogenated alkanes) is 6. The molecule has 1 atom stereocenters. The van der Waals surface area contributed by atoms with Crippen molar-refractivity contribution in [1.82, 2.24) is 0 Å². The van der Waals surface area contributed by atoms with Gasteiger partial charge < -0.3 is 9.80 Å². The maximum absolute atomic E-state index is 2.58. The Morgan fingerprint density at radius 2 is 0.685 bits per heavy atom. The molecule has 0 saturated heterocycles. The summed E-state index contributed by atoms with van der Waals surface area (Å²) in [6.07, 6.45) is 12.2. The second-order valence-corrected chi connectivity index (χ2v) is 20.8. The van der Waals surface area contributed by atoms with Crippen LogP contribution in [0.1, 0.15) is 124 Å². The van der Waals surface area contributed by atoms with Crippen LogP contribution in [0.5, 0.6) is 0 Å². The van der Waals surface area contributed by atoms with Crippen LogP contribution in [0.3, 0.4) is 0 Å². The minimum atomic E-state index is -0.292. The first kappa shape index (κ1) is 49.2. The van der Waals surface area contributed by atoms with Crippen LogP contribution in [0.2, 0.25) is 0 Å². The summed E-state index contributed by atoms with van der Waals surface area (Å²) >= 11 is 0. The van der Waals surface area contributed by atoms with E-state index in [-0.39, 0.29) is 10.8 Å². The minimum absolute atomic E-state index is 0.123. The fourth-order valence-corrected chi connectivity index (χ4v) is 11.8. The summed E-state index contributed by atoms with van der Waals surface area (Å²) in [4.78, 5) is 4.93. The molecule has 10 rings (SSSR count). The van der Waals surface area contributed by atoms with Crippen molar-refractivity contribution >= 4 is 34.1 Å². The molecule has 73 heavy (non-hydrogen) atoms. The molecule has 2 nitrogen and oxygen atoms in total. The average molecular weight is 953 g/mol. The fourth-order valence-electron chi connectivity index (χ4n) is 11.8. The molecule has 0 radical (unpaired) electrons. The molecule has 9 aromatic carbocycles. The minimum Gasteiger partial charge on any atom is -0.310 e. The fraction of sp³-hybridized carbons (Fsp3) is 0.239. The van der Waals surface area contributed by atoms with E-state index < -0.39 is 0 Å². The largest absolute Gasteiger partial charge is 0.310 e. The zero-order valence-corrected chi connectivity index (χ0v) is 43.8. The van der Waals surface area contributed by atoms with Crippen LogP contribution in [-0.2, 0) is 10.8 Å². The van der Waals surface area contributed by atoms with E-state index in [1.807, 2.05) is 0 Å². The van der Waals surface area contributed by atoms with E-state index >= 15 is 0 Å². The molecule has 0 N–H and O–H groups in total. The highest BCUT2D eigenvalue weighted by Gasteiger charge is 2.43. The maximum Gasteiger partial charge on any atom is 0.0465 e. The van der Waals surface area contributed by atoms with Gasteiger partial charge in [0.05, 0.1) is 0 Å². The first-order chi connectivity index (χ1) is 35.8. The van der Waals surface area contributed by atoms with Gasteiger partial charge in [-0.15, -0.1) is 0 Å². The van der Waals surface area contributed by atoms with Crippen molar-refractivity contribution in [2.75, 3.05) is 9.80 Å². The zero-order chi connectivity index (χ0) is 50.2. The number of hydrogen-bond donors (Lipinski definition) is 0. The Hall–Kier alpha value is -7.42. The predicted molar refractivity (Wildman–Crippen MR) is 313 cm³/mol. The van der Waals surface area contributed by atoms with Gasteiger partial charge >= 0.3 is 0 Å². The third-order valence-corrected chi connectivity index (χ3v) is 16.0. The van der Waals surface area contributed by atoms with Crippen molar-refractivity contribution in [3.05, 3.63) is 263 Å². The summed E-state index contributed by atoms with van der Waals surface area (Å²) in [5, 5.41) is 0. The van der Waals surface area contributed by atoms with Gasteiger partial charge in [0, 0.05) is 45.0 Å². The van der Waals surface area contributed by atoms with E-state index in [1.165, 1.54) is 135 Å². The summed E-state index contributed by atoms with van der Waals surface area (Å²) < 4.78 is 0. The monoisotopic (exact) mass is 953 g/mol. The van der Waals surface area contributed by atoms with Crippen molar-refractivity contribution in [2.24, 2.45) is 0 Å². The summed E-state index contributed by atoms with van der Waals surface area (Å²) in [5.74, 6) is 0. The van der Waals surface area contributed by atoms with E-state index in [0.717, 1.165) is 24.2 Å². The number of aryl methyl sites for hydroxylation is 2. The van der Waals surface area contributed by atoms with Gasteiger partial charge in [0.1, 0.15) is 0 Å². The zero-order valence-electron chi connectivity index (χ0n) is 43.8. The Kier molecular flexibility index (Phi) is 14.9. The third kappa shape index (κ3) is 10.1. The van der Waals surface area contributed by atoms with Crippen molar-refractivity contribution < 1.29 is 0 Å². The quantitative estimate of drug-likeness (QED) is 0.0555. The highest BCUT2D eigenvalue weighted by atomic mass is 15.1. The average Bonchev–Trinajstić information content (AvgIpc) is 3.70. The van der Waals surface area contributed by atoms with Gasteiger partial charge in [0.15, 0.2) is 0 Å². The van der Waals surface area contributed by atoms with E-state index in [9.17, 15) is 0 Å². The van der Waals surface area contributed by atoms with Crippen LogP contribution in [0.4, 0.5) is 34.1 Å². The van der Waals surface area contributed by atoms with Gasteiger partial charge in [-0.05, 0) is 156 Å². The molecule has 0 saturated carbocycles. The second kappa shape index (κ2) is 22.1. The molecular formula is C71H72N2. The Morgan fingerprint density at radius 3 is 1.12 bits per heavy atom. The first-order valence-electron chi connectivity index (χ1n) is 27.2. The summed E-state index contributed by atoms with van der Waals surface area (Å²) in [7, 11) is 0. The number of nitrogens with zero attached hydrogens (tertiary/aromatic N) is 2. The molecule has 1 unspecified atom stereocenters. The van der Waals surface area contributed by atoms with E-state index in [4.69, 9.17) is 0 Å². The van der Waals surface area contributed by atoms with Gasteiger partial charge in [-0.3, -0.25) is 0 Å². The van der Waals surface area contributed by atoms with Gasteiger partial charge in [0.25, 0.3) is 0 Å². The summed E-state index contributed by atoms with van der Waals surface area (Å²) in [6, 6.07) is 84.2. The van der Waals surface area contributed by atoms with Gasteiger partial charge in [0.2, 0.25) is 0 Å². The molecular weight excluding hydrogens is 881 g/mol. The van der Waals surface area contributed by atoms with Crippen LogP contribution in [0.25, 0.3) is 22.3 Å². The highest BCUT2D eigenvalue weighted by Crippen LogP contribution is 2.57. The standard InChI is InChI=1S/C71H72N2/c1-6-8-10-21-49-71(50-22-11-9-7-2)68-51-64(72(60-25-17-13-18-26-60)62-41-31-54(4)32-42-62)45-47-66(68)67-48-46-65(52-69(67)71)73(61-27-19-14-20-28-61)63-43-35-56(36-44-63)55-33-39-59(40-34-55)70(5,57-23-15-12-16-24-57)58-37-29-53(3)30-38-58/h12-20,23-48,51-52H,6-11,21-22,49-50H2,1-5H3. The molecule has 0 heterocycles. The highest BCUT2D eigenvalue weighted by molar-refractivity contribution is 5.89. The molecule has 1 aliphatic rings. The lowest BCUT2D eigenvalue weighted by molar-refractivity contribution is 0.401. The molecule has 0 fully saturated rings.